The normalized spacial score (nSPS) is 15.8. The second-order valence-corrected chi connectivity index (χ2v) is 7.54. The van der Waals surface area contributed by atoms with Gasteiger partial charge in [-0.25, -0.2) is 9.40 Å². The molecule has 1 unspecified atom stereocenters. The highest BCUT2D eigenvalue weighted by atomic mass is 19.1. The molecule has 0 N–H and O–H groups in total. The molecule has 2 aromatic heterocycles. The van der Waals surface area contributed by atoms with E-state index in [0.717, 1.165) is 16.8 Å². The van der Waals surface area contributed by atoms with E-state index in [-0.39, 0.29) is 24.3 Å². The molecule has 1 aliphatic rings. The number of carbonyl (C=O) groups excluding carboxylic acids is 1. The third-order valence-electron chi connectivity index (χ3n) is 5.25. The Morgan fingerprint density at radius 2 is 1.84 bits per heavy atom. The van der Waals surface area contributed by atoms with Crippen molar-refractivity contribution >= 4 is 11.6 Å². The van der Waals surface area contributed by atoms with Gasteiger partial charge in [-0.3, -0.25) is 4.79 Å². The Kier molecular flexibility index (Phi) is 5.06. The molecule has 4 aromatic rings. The molecule has 5 rings (SSSR count). The van der Waals surface area contributed by atoms with Crippen LogP contribution in [-0.4, -0.2) is 36.8 Å². The number of carbonyl (C=O) groups is 1. The van der Waals surface area contributed by atoms with Gasteiger partial charge in [0, 0.05) is 12.0 Å². The fourth-order valence-electron chi connectivity index (χ4n) is 3.58. The number of aryl methyl sites for hydroxylation is 1. The zero-order valence-corrected chi connectivity index (χ0v) is 17.2. The van der Waals surface area contributed by atoms with Crippen molar-refractivity contribution in [2.24, 2.45) is 5.10 Å². The maximum atomic E-state index is 13.1. The van der Waals surface area contributed by atoms with Gasteiger partial charge in [0.2, 0.25) is 5.82 Å². The van der Waals surface area contributed by atoms with Crippen LogP contribution in [0.15, 0.2) is 76.4 Å². The number of hydrazone groups is 1. The first-order valence-electron chi connectivity index (χ1n) is 10.1. The maximum Gasteiger partial charge on any atom is 0.267 e. The van der Waals surface area contributed by atoms with Crippen molar-refractivity contribution in [3.05, 3.63) is 89.6 Å². The molecule has 0 saturated carbocycles. The first kappa shape index (κ1) is 19.8. The number of nitrogens with zero attached hydrogens (tertiary/aromatic N) is 6. The number of benzene rings is 2. The molecule has 8 nitrogen and oxygen atoms in total. The van der Waals surface area contributed by atoms with Crippen LogP contribution in [0.5, 0.6) is 0 Å². The smallest absolute Gasteiger partial charge is 0.267 e. The standard InChI is InChI=1S/C23H19FN6O2/c1-15-4-6-16(7-5-15)19-13-20(21-3-2-12-32-21)30(26-19)22(31)14-29-27-23(25-28-29)17-8-10-18(24)11-9-17/h2-12,20H,13-14H2,1H3. The number of halogens is 1. The molecule has 160 valence electrons. The largest absolute Gasteiger partial charge is 0.467 e. The quantitative estimate of drug-likeness (QED) is 0.481. The van der Waals surface area contributed by atoms with Crippen molar-refractivity contribution in [1.29, 1.82) is 0 Å². The molecule has 1 atom stereocenters. The molecule has 0 spiro atoms. The van der Waals surface area contributed by atoms with Crippen LogP contribution in [0.3, 0.4) is 0 Å². The Hall–Kier alpha value is -4.14. The molecule has 0 radical (unpaired) electrons. The van der Waals surface area contributed by atoms with Crippen molar-refractivity contribution in [2.45, 2.75) is 25.9 Å². The molecule has 0 saturated heterocycles. The summed E-state index contributed by atoms with van der Waals surface area (Å²) in [6.07, 6.45) is 2.11. The summed E-state index contributed by atoms with van der Waals surface area (Å²) in [5.41, 5.74) is 3.52. The van der Waals surface area contributed by atoms with Gasteiger partial charge in [-0.1, -0.05) is 29.8 Å². The van der Waals surface area contributed by atoms with Crippen LogP contribution in [0, 0.1) is 12.7 Å². The average molecular weight is 430 g/mol. The third kappa shape index (κ3) is 3.92. The van der Waals surface area contributed by atoms with E-state index in [9.17, 15) is 9.18 Å². The molecular weight excluding hydrogens is 411 g/mol. The van der Waals surface area contributed by atoms with E-state index in [1.807, 2.05) is 37.3 Å². The average Bonchev–Trinajstić information content (AvgIpc) is 3.55. The van der Waals surface area contributed by atoms with E-state index >= 15 is 0 Å². The zero-order valence-electron chi connectivity index (χ0n) is 17.2. The first-order valence-corrected chi connectivity index (χ1v) is 10.1. The summed E-state index contributed by atoms with van der Waals surface area (Å²) in [5, 5.41) is 18.2. The van der Waals surface area contributed by atoms with E-state index in [0.29, 0.717) is 23.6 Å². The van der Waals surface area contributed by atoms with Crippen LogP contribution in [0.25, 0.3) is 11.4 Å². The van der Waals surface area contributed by atoms with E-state index in [1.54, 1.807) is 24.5 Å². The number of hydrogen-bond acceptors (Lipinski definition) is 6. The summed E-state index contributed by atoms with van der Waals surface area (Å²) in [6.45, 7) is 1.88. The second-order valence-electron chi connectivity index (χ2n) is 7.54. The fraction of sp³-hybridized carbons (Fsp3) is 0.174. The van der Waals surface area contributed by atoms with Gasteiger partial charge in [0.15, 0.2) is 0 Å². The van der Waals surface area contributed by atoms with Gasteiger partial charge in [0.05, 0.1) is 12.0 Å². The van der Waals surface area contributed by atoms with Gasteiger partial charge in [0.1, 0.15) is 24.2 Å². The van der Waals surface area contributed by atoms with E-state index < -0.39 is 0 Å². The highest BCUT2D eigenvalue weighted by Crippen LogP contribution is 2.33. The Labute approximate surface area is 183 Å². The Morgan fingerprint density at radius 3 is 2.56 bits per heavy atom. The summed E-state index contributed by atoms with van der Waals surface area (Å²) in [4.78, 5) is 14.3. The molecule has 1 amide bonds. The number of furan rings is 1. The van der Waals surface area contributed by atoms with Gasteiger partial charge < -0.3 is 4.42 Å². The maximum absolute atomic E-state index is 13.1. The molecule has 1 aliphatic heterocycles. The molecule has 2 aromatic carbocycles. The number of rotatable bonds is 5. The van der Waals surface area contributed by atoms with E-state index in [1.165, 1.54) is 21.9 Å². The summed E-state index contributed by atoms with van der Waals surface area (Å²) in [7, 11) is 0. The SMILES string of the molecule is Cc1ccc(C2=NN(C(=O)Cn3nnc(-c4ccc(F)cc4)n3)C(c3ccco3)C2)cc1. The topological polar surface area (TPSA) is 89.4 Å². The Morgan fingerprint density at radius 1 is 1.09 bits per heavy atom. The Balaban J connectivity index is 1.39. The third-order valence-corrected chi connectivity index (χ3v) is 5.25. The molecule has 32 heavy (non-hydrogen) atoms. The predicted octanol–water partition coefficient (Wildman–Crippen LogP) is 3.76. The fourth-order valence-corrected chi connectivity index (χ4v) is 3.58. The second kappa shape index (κ2) is 8.18. The molecule has 3 heterocycles. The van der Waals surface area contributed by atoms with Crippen LogP contribution in [0.4, 0.5) is 4.39 Å². The number of amides is 1. The van der Waals surface area contributed by atoms with Crippen molar-refractivity contribution < 1.29 is 13.6 Å². The van der Waals surface area contributed by atoms with Gasteiger partial charge in [-0.05, 0) is 54.1 Å². The first-order chi connectivity index (χ1) is 15.6. The number of tetrazole rings is 1. The van der Waals surface area contributed by atoms with Crippen molar-refractivity contribution in [2.75, 3.05) is 0 Å². The molecule has 0 bridgehead atoms. The highest BCUT2D eigenvalue weighted by Gasteiger charge is 2.35. The highest BCUT2D eigenvalue weighted by molar-refractivity contribution is 6.03. The number of aromatic nitrogens is 4. The molecule has 9 heteroatoms. The van der Waals surface area contributed by atoms with Crippen molar-refractivity contribution in [1.82, 2.24) is 25.2 Å². The van der Waals surface area contributed by atoms with Gasteiger partial charge in [0.25, 0.3) is 5.91 Å². The minimum atomic E-state index is -0.353. The number of hydrogen-bond donors (Lipinski definition) is 0. The van der Waals surface area contributed by atoms with Crippen LogP contribution >= 0.6 is 0 Å². The minimum absolute atomic E-state index is 0.143. The molecular formula is C23H19FN6O2. The van der Waals surface area contributed by atoms with Crippen LogP contribution in [0.1, 0.15) is 29.3 Å². The summed E-state index contributed by atoms with van der Waals surface area (Å²) in [5.74, 6) is 0.321. The predicted molar refractivity (Wildman–Crippen MR) is 114 cm³/mol. The summed E-state index contributed by atoms with van der Waals surface area (Å²) in [6, 6.07) is 17.0. The lowest BCUT2D eigenvalue weighted by Gasteiger charge is -2.19. The minimum Gasteiger partial charge on any atom is -0.467 e. The summed E-state index contributed by atoms with van der Waals surface area (Å²) >= 11 is 0. The lowest BCUT2D eigenvalue weighted by atomic mass is 10.0. The summed E-state index contributed by atoms with van der Waals surface area (Å²) < 4.78 is 18.7. The van der Waals surface area contributed by atoms with E-state index in [4.69, 9.17) is 4.42 Å². The van der Waals surface area contributed by atoms with Crippen molar-refractivity contribution in [3.63, 3.8) is 0 Å². The monoisotopic (exact) mass is 430 g/mol. The van der Waals surface area contributed by atoms with Crippen LogP contribution in [-0.2, 0) is 11.3 Å². The Bertz CT molecular complexity index is 1260. The van der Waals surface area contributed by atoms with E-state index in [2.05, 4.69) is 20.5 Å². The lowest BCUT2D eigenvalue weighted by Crippen LogP contribution is -2.31. The van der Waals surface area contributed by atoms with Gasteiger partial charge in [-0.2, -0.15) is 9.90 Å². The van der Waals surface area contributed by atoms with Crippen LogP contribution < -0.4 is 0 Å². The van der Waals surface area contributed by atoms with Gasteiger partial charge in [-0.15, -0.1) is 10.2 Å². The zero-order chi connectivity index (χ0) is 22.1. The molecule has 0 aliphatic carbocycles. The van der Waals surface area contributed by atoms with Crippen molar-refractivity contribution in [3.8, 4) is 11.4 Å². The molecule has 0 fully saturated rings. The van der Waals surface area contributed by atoms with Crippen LogP contribution in [0.2, 0.25) is 0 Å². The van der Waals surface area contributed by atoms with Gasteiger partial charge >= 0.3 is 0 Å². The lowest BCUT2D eigenvalue weighted by molar-refractivity contribution is -0.134.